The van der Waals surface area contributed by atoms with E-state index in [2.05, 4.69) is 0 Å². The normalized spacial score (nSPS) is 17.3. The van der Waals surface area contributed by atoms with E-state index in [1.807, 2.05) is 12.3 Å². The maximum absolute atomic E-state index is 13.5. The fourth-order valence-electron chi connectivity index (χ4n) is 4.11. The minimum Gasteiger partial charge on any atom is -0.446 e. The Balaban J connectivity index is 1.61. The molecule has 2 heterocycles. The van der Waals surface area contributed by atoms with Gasteiger partial charge < -0.3 is 14.4 Å². The monoisotopic (exact) mass is 482 g/mol. The molecule has 2 aromatic rings. The minimum absolute atomic E-state index is 0.221. The summed E-state index contributed by atoms with van der Waals surface area (Å²) in [6.07, 6.45) is 0.914. The first kappa shape index (κ1) is 24.0. The number of benzene rings is 2. The number of hydrogen-bond acceptors (Lipinski definition) is 7. The van der Waals surface area contributed by atoms with Crippen molar-refractivity contribution in [2.45, 2.75) is 18.6 Å². The summed E-state index contributed by atoms with van der Waals surface area (Å²) in [6, 6.07) is 14.1. The van der Waals surface area contributed by atoms with Crippen LogP contribution in [0.3, 0.4) is 0 Å². The molecule has 9 heteroatoms. The highest BCUT2D eigenvalue weighted by molar-refractivity contribution is 7.98. The SMILES string of the molecule is CSCC[C@@H](C(=O)O[C@@H](C(=O)N1CCOCC1)c1ccccc1)N1C(=O)c2ccccc2C1=O. The van der Waals surface area contributed by atoms with Gasteiger partial charge in [-0.1, -0.05) is 42.5 Å². The summed E-state index contributed by atoms with van der Waals surface area (Å²) in [5.74, 6) is -1.66. The quantitative estimate of drug-likeness (QED) is 0.422. The number of esters is 1. The lowest BCUT2D eigenvalue weighted by Crippen LogP contribution is -2.48. The lowest BCUT2D eigenvalue weighted by molar-refractivity contribution is -0.165. The third-order valence-corrected chi connectivity index (χ3v) is 6.53. The van der Waals surface area contributed by atoms with Gasteiger partial charge in [-0.2, -0.15) is 11.8 Å². The topological polar surface area (TPSA) is 93.2 Å². The van der Waals surface area contributed by atoms with Gasteiger partial charge in [0.1, 0.15) is 6.04 Å². The summed E-state index contributed by atoms with van der Waals surface area (Å²) in [5.41, 5.74) is 1.05. The van der Waals surface area contributed by atoms with Crippen molar-refractivity contribution in [2.24, 2.45) is 0 Å². The van der Waals surface area contributed by atoms with Crippen LogP contribution in [-0.2, 0) is 19.1 Å². The van der Waals surface area contributed by atoms with Crippen LogP contribution in [0.25, 0.3) is 0 Å². The molecule has 34 heavy (non-hydrogen) atoms. The van der Waals surface area contributed by atoms with Crippen LogP contribution in [0.4, 0.5) is 0 Å². The molecule has 178 valence electrons. The Hall–Kier alpha value is -3.17. The second-order valence-corrected chi connectivity index (χ2v) is 8.97. The third kappa shape index (κ3) is 4.85. The van der Waals surface area contributed by atoms with Gasteiger partial charge in [-0.05, 0) is 30.6 Å². The van der Waals surface area contributed by atoms with E-state index in [1.54, 1.807) is 53.4 Å². The number of morpholine rings is 1. The van der Waals surface area contributed by atoms with Crippen molar-refractivity contribution in [3.05, 3.63) is 71.3 Å². The number of hydrogen-bond donors (Lipinski definition) is 0. The molecule has 0 bridgehead atoms. The Bertz CT molecular complexity index is 1040. The zero-order valence-corrected chi connectivity index (χ0v) is 19.7. The molecule has 2 aliphatic heterocycles. The summed E-state index contributed by atoms with van der Waals surface area (Å²) in [5, 5.41) is 0. The lowest BCUT2D eigenvalue weighted by Gasteiger charge is -2.32. The van der Waals surface area contributed by atoms with Gasteiger partial charge in [-0.15, -0.1) is 0 Å². The van der Waals surface area contributed by atoms with Crippen molar-refractivity contribution in [3.8, 4) is 0 Å². The van der Waals surface area contributed by atoms with E-state index in [0.717, 1.165) is 4.90 Å². The van der Waals surface area contributed by atoms with E-state index in [1.165, 1.54) is 11.8 Å². The molecular formula is C25H26N2O6S. The van der Waals surface area contributed by atoms with E-state index in [4.69, 9.17) is 9.47 Å². The average Bonchev–Trinajstić information content (AvgIpc) is 3.13. The number of imide groups is 1. The molecule has 2 atom stereocenters. The first-order valence-electron chi connectivity index (χ1n) is 11.1. The van der Waals surface area contributed by atoms with Crippen LogP contribution in [0.15, 0.2) is 54.6 Å². The first-order valence-corrected chi connectivity index (χ1v) is 12.5. The van der Waals surface area contributed by atoms with Gasteiger partial charge in [0.2, 0.25) is 6.10 Å². The molecule has 0 aromatic heterocycles. The number of fused-ring (bicyclic) bond motifs is 1. The highest BCUT2D eigenvalue weighted by atomic mass is 32.2. The van der Waals surface area contributed by atoms with E-state index >= 15 is 0 Å². The van der Waals surface area contributed by atoms with Crippen LogP contribution >= 0.6 is 11.8 Å². The highest BCUT2D eigenvalue weighted by Gasteiger charge is 2.44. The molecule has 8 nitrogen and oxygen atoms in total. The number of rotatable bonds is 8. The molecule has 0 unspecified atom stereocenters. The van der Waals surface area contributed by atoms with Crippen LogP contribution in [0.5, 0.6) is 0 Å². The van der Waals surface area contributed by atoms with E-state index in [-0.39, 0.29) is 23.5 Å². The second kappa shape index (κ2) is 10.8. The Morgan fingerprint density at radius 1 is 0.971 bits per heavy atom. The summed E-state index contributed by atoms with van der Waals surface area (Å²) in [6.45, 7) is 1.61. The maximum Gasteiger partial charge on any atom is 0.330 e. The van der Waals surface area contributed by atoms with Crippen molar-refractivity contribution in [3.63, 3.8) is 0 Å². The van der Waals surface area contributed by atoms with Gasteiger partial charge in [0.15, 0.2) is 0 Å². The maximum atomic E-state index is 13.5. The Morgan fingerprint density at radius 2 is 1.56 bits per heavy atom. The fourth-order valence-corrected chi connectivity index (χ4v) is 4.56. The highest BCUT2D eigenvalue weighted by Crippen LogP contribution is 2.29. The summed E-state index contributed by atoms with van der Waals surface area (Å²) in [7, 11) is 0. The minimum atomic E-state index is -1.18. The zero-order valence-electron chi connectivity index (χ0n) is 18.8. The molecule has 2 aliphatic rings. The number of ether oxygens (including phenoxy) is 2. The summed E-state index contributed by atoms with van der Waals surface area (Å²) < 4.78 is 11.1. The fraction of sp³-hybridized carbons (Fsp3) is 0.360. The van der Waals surface area contributed by atoms with Gasteiger partial charge in [0.25, 0.3) is 17.7 Å². The predicted molar refractivity (Wildman–Crippen MR) is 126 cm³/mol. The van der Waals surface area contributed by atoms with Gasteiger partial charge in [0.05, 0.1) is 24.3 Å². The molecule has 0 spiro atoms. The van der Waals surface area contributed by atoms with Crippen LogP contribution in [0, 0.1) is 0 Å². The molecule has 0 N–H and O–H groups in total. The molecule has 0 aliphatic carbocycles. The van der Waals surface area contributed by atoms with E-state index in [9.17, 15) is 19.2 Å². The molecule has 1 saturated heterocycles. The molecule has 0 saturated carbocycles. The standard InChI is InChI=1S/C25H26N2O6S/c1-34-16-11-20(27-22(28)18-9-5-6-10-19(18)23(27)29)25(31)33-21(17-7-3-2-4-8-17)24(30)26-12-14-32-15-13-26/h2-10,20-21H,11-16H2,1H3/t20-,21+/m0/s1. The largest absolute Gasteiger partial charge is 0.446 e. The summed E-state index contributed by atoms with van der Waals surface area (Å²) >= 11 is 1.49. The Morgan fingerprint density at radius 3 is 2.15 bits per heavy atom. The predicted octanol–water partition coefficient (Wildman–Crippen LogP) is 2.55. The van der Waals surface area contributed by atoms with Crippen molar-refractivity contribution in [1.29, 1.82) is 0 Å². The van der Waals surface area contributed by atoms with Gasteiger partial charge in [-0.25, -0.2) is 4.79 Å². The second-order valence-electron chi connectivity index (χ2n) is 7.99. The van der Waals surface area contributed by atoms with Crippen LogP contribution in [0.1, 0.15) is 38.8 Å². The van der Waals surface area contributed by atoms with E-state index < -0.39 is 29.9 Å². The third-order valence-electron chi connectivity index (χ3n) is 5.89. The summed E-state index contributed by atoms with van der Waals surface area (Å²) in [4.78, 5) is 55.5. The number of amides is 3. The molecule has 1 fully saturated rings. The van der Waals surface area contributed by atoms with Crippen LogP contribution in [0.2, 0.25) is 0 Å². The van der Waals surface area contributed by atoms with Crippen molar-refractivity contribution < 1.29 is 28.7 Å². The average molecular weight is 483 g/mol. The molecular weight excluding hydrogens is 456 g/mol. The number of nitrogens with zero attached hydrogens (tertiary/aromatic N) is 2. The molecule has 2 aromatic carbocycles. The van der Waals surface area contributed by atoms with Crippen molar-refractivity contribution in [2.75, 3.05) is 38.3 Å². The first-order chi connectivity index (χ1) is 16.5. The lowest BCUT2D eigenvalue weighted by atomic mass is 10.1. The van der Waals surface area contributed by atoms with Gasteiger partial charge in [0, 0.05) is 18.7 Å². The van der Waals surface area contributed by atoms with Crippen LogP contribution < -0.4 is 0 Å². The van der Waals surface area contributed by atoms with Crippen molar-refractivity contribution in [1.82, 2.24) is 9.80 Å². The smallest absolute Gasteiger partial charge is 0.330 e. The number of carbonyl (C=O) groups excluding carboxylic acids is 4. The van der Waals surface area contributed by atoms with Gasteiger partial charge in [-0.3, -0.25) is 19.3 Å². The Labute approximate surface area is 202 Å². The van der Waals surface area contributed by atoms with Gasteiger partial charge >= 0.3 is 5.97 Å². The number of carbonyl (C=O) groups is 4. The Kier molecular flexibility index (Phi) is 7.64. The van der Waals surface area contributed by atoms with Crippen LogP contribution in [-0.4, -0.2) is 77.8 Å². The van der Waals surface area contributed by atoms with E-state index in [0.29, 0.717) is 37.6 Å². The molecule has 0 radical (unpaired) electrons. The zero-order chi connectivity index (χ0) is 24.1. The molecule has 3 amide bonds. The number of thioether (sulfide) groups is 1. The van der Waals surface area contributed by atoms with Crippen molar-refractivity contribution >= 4 is 35.5 Å². The molecule has 4 rings (SSSR count).